The molecule has 0 fully saturated rings. The lowest BCUT2D eigenvalue weighted by Gasteiger charge is -2.07. The van der Waals surface area contributed by atoms with E-state index in [-0.39, 0.29) is 6.54 Å². The average molecular weight is 310 g/mol. The third-order valence-electron chi connectivity index (χ3n) is 2.01. The van der Waals surface area contributed by atoms with Crippen LogP contribution < -0.4 is 5.32 Å². The van der Waals surface area contributed by atoms with Crippen molar-refractivity contribution in [2.75, 3.05) is 0 Å². The molecule has 1 aromatic rings. The summed E-state index contributed by atoms with van der Waals surface area (Å²) in [6.45, 7) is 0.232. The number of nitrogens with one attached hydrogen (secondary N) is 1. The second-order valence-electron chi connectivity index (χ2n) is 3.52. The molecule has 0 bridgehead atoms. The second-order valence-corrected chi connectivity index (χ2v) is 4.44. The Hall–Kier alpha value is -1.04. The van der Waals surface area contributed by atoms with E-state index in [0.717, 1.165) is 10.0 Å². The fraction of sp³-hybridized carbons (Fsp3) is 0.364. The van der Waals surface area contributed by atoms with Crippen molar-refractivity contribution in [3.05, 3.63) is 34.3 Å². The van der Waals surface area contributed by atoms with Crippen LogP contribution in [-0.4, -0.2) is 12.1 Å². The molecule has 0 aliphatic rings. The SMILES string of the molecule is O=C(CCC(F)(F)F)NCc1cccc(Br)c1. The van der Waals surface area contributed by atoms with Gasteiger partial charge in [0.15, 0.2) is 0 Å². The van der Waals surface area contributed by atoms with E-state index in [9.17, 15) is 18.0 Å². The lowest BCUT2D eigenvalue weighted by Crippen LogP contribution is -2.24. The van der Waals surface area contributed by atoms with Crippen molar-refractivity contribution in [1.29, 1.82) is 0 Å². The standard InChI is InChI=1S/C11H11BrF3NO/c12-9-3-1-2-8(6-9)7-16-10(17)4-5-11(13,14)15/h1-3,6H,4-5,7H2,(H,16,17). The zero-order chi connectivity index (χ0) is 12.9. The molecule has 17 heavy (non-hydrogen) atoms. The number of halogens is 4. The molecule has 0 atom stereocenters. The van der Waals surface area contributed by atoms with Crippen LogP contribution in [0.3, 0.4) is 0 Å². The largest absolute Gasteiger partial charge is 0.389 e. The average Bonchev–Trinajstić information content (AvgIpc) is 2.23. The maximum Gasteiger partial charge on any atom is 0.389 e. The maximum absolute atomic E-state index is 11.8. The van der Waals surface area contributed by atoms with E-state index in [1.807, 2.05) is 6.07 Å². The number of amides is 1. The Balaban J connectivity index is 2.33. The van der Waals surface area contributed by atoms with Gasteiger partial charge >= 0.3 is 6.18 Å². The summed E-state index contributed by atoms with van der Waals surface area (Å²) in [6.07, 6.45) is -5.90. The van der Waals surface area contributed by atoms with E-state index < -0.39 is 24.9 Å². The Bertz CT molecular complexity index is 393. The summed E-state index contributed by atoms with van der Waals surface area (Å²) in [7, 11) is 0. The minimum atomic E-state index is -4.28. The first kappa shape index (κ1) is 14.0. The summed E-state index contributed by atoms with van der Waals surface area (Å²) in [5.74, 6) is -0.595. The first-order valence-corrected chi connectivity index (χ1v) is 5.74. The van der Waals surface area contributed by atoms with Crippen LogP contribution in [0.2, 0.25) is 0 Å². The van der Waals surface area contributed by atoms with E-state index in [1.165, 1.54) is 0 Å². The smallest absolute Gasteiger partial charge is 0.352 e. The topological polar surface area (TPSA) is 29.1 Å². The van der Waals surface area contributed by atoms with Gasteiger partial charge in [-0.3, -0.25) is 4.79 Å². The first-order valence-electron chi connectivity index (χ1n) is 4.95. The minimum Gasteiger partial charge on any atom is -0.352 e. The Morgan fingerprint density at radius 3 is 2.65 bits per heavy atom. The second kappa shape index (κ2) is 6.05. The van der Waals surface area contributed by atoms with Crippen LogP contribution in [0.1, 0.15) is 18.4 Å². The molecular formula is C11H11BrF3NO. The third-order valence-corrected chi connectivity index (χ3v) is 2.51. The Morgan fingerprint density at radius 1 is 1.35 bits per heavy atom. The fourth-order valence-electron chi connectivity index (χ4n) is 1.19. The number of alkyl halides is 3. The van der Waals surface area contributed by atoms with Crippen molar-refractivity contribution in [2.45, 2.75) is 25.6 Å². The molecule has 1 aromatic carbocycles. The summed E-state index contributed by atoms with van der Waals surface area (Å²) in [6, 6.07) is 7.20. The molecule has 6 heteroatoms. The molecule has 0 aliphatic carbocycles. The van der Waals surface area contributed by atoms with Crippen LogP contribution in [0.25, 0.3) is 0 Å². The van der Waals surface area contributed by atoms with E-state index in [4.69, 9.17) is 0 Å². The van der Waals surface area contributed by atoms with Gasteiger partial charge in [-0.1, -0.05) is 28.1 Å². The van der Waals surface area contributed by atoms with Crippen molar-refractivity contribution in [1.82, 2.24) is 5.32 Å². The fourth-order valence-corrected chi connectivity index (χ4v) is 1.64. The summed E-state index contributed by atoms with van der Waals surface area (Å²) < 4.78 is 36.4. The first-order chi connectivity index (χ1) is 7.87. The van der Waals surface area contributed by atoms with Crippen LogP contribution >= 0.6 is 15.9 Å². The van der Waals surface area contributed by atoms with Gasteiger partial charge in [-0.25, -0.2) is 0 Å². The molecule has 2 nitrogen and oxygen atoms in total. The van der Waals surface area contributed by atoms with Gasteiger partial charge < -0.3 is 5.32 Å². The third kappa shape index (κ3) is 6.31. The number of hydrogen-bond donors (Lipinski definition) is 1. The molecular weight excluding hydrogens is 299 g/mol. The molecule has 1 amide bonds. The van der Waals surface area contributed by atoms with Gasteiger partial charge in [0.1, 0.15) is 0 Å². The maximum atomic E-state index is 11.8. The van der Waals surface area contributed by atoms with E-state index in [2.05, 4.69) is 21.2 Å². The van der Waals surface area contributed by atoms with Crippen molar-refractivity contribution < 1.29 is 18.0 Å². The summed E-state index contributed by atoms with van der Waals surface area (Å²) in [5.41, 5.74) is 0.833. The zero-order valence-electron chi connectivity index (χ0n) is 8.85. The van der Waals surface area contributed by atoms with Gasteiger partial charge in [-0.05, 0) is 17.7 Å². The minimum absolute atomic E-state index is 0.232. The van der Waals surface area contributed by atoms with E-state index in [1.54, 1.807) is 18.2 Å². The highest BCUT2D eigenvalue weighted by molar-refractivity contribution is 9.10. The molecule has 0 spiro atoms. The van der Waals surface area contributed by atoms with Crippen LogP contribution in [0, 0.1) is 0 Å². The molecule has 0 heterocycles. The zero-order valence-corrected chi connectivity index (χ0v) is 10.4. The highest BCUT2D eigenvalue weighted by Gasteiger charge is 2.27. The Morgan fingerprint density at radius 2 is 2.06 bits per heavy atom. The monoisotopic (exact) mass is 309 g/mol. The lowest BCUT2D eigenvalue weighted by atomic mass is 10.2. The number of carbonyl (C=O) groups excluding carboxylic acids is 1. The van der Waals surface area contributed by atoms with Crippen LogP contribution in [-0.2, 0) is 11.3 Å². The number of carbonyl (C=O) groups is 1. The molecule has 0 saturated heterocycles. The molecule has 0 saturated carbocycles. The van der Waals surface area contributed by atoms with Gasteiger partial charge in [0.25, 0.3) is 0 Å². The molecule has 0 aromatic heterocycles. The van der Waals surface area contributed by atoms with E-state index >= 15 is 0 Å². The quantitative estimate of drug-likeness (QED) is 0.907. The molecule has 0 unspecified atom stereocenters. The summed E-state index contributed by atoms with van der Waals surface area (Å²) in [4.78, 5) is 11.1. The Kier molecular flexibility index (Phi) is 4.99. The van der Waals surface area contributed by atoms with Crippen molar-refractivity contribution in [2.24, 2.45) is 0 Å². The van der Waals surface area contributed by atoms with Crippen molar-refractivity contribution in [3.8, 4) is 0 Å². The Labute approximate surface area is 105 Å². The van der Waals surface area contributed by atoms with Gasteiger partial charge in [0, 0.05) is 17.4 Å². The molecule has 0 aliphatic heterocycles. The predicted molar refractivity (Wildman–Crippen MR) is 61.3 cm³/mol. The molecule has 1 N–H and O–H groups in total. The molecule has 0 radical (unpaired) electrons. The van der Waals surface area contributed by atoms with Crippen LogP contribution in [0.5, 0.6) is 0 Å². The van der Waals surface area contributed by atoms with Crippen LogP contribution in [0.15, 0.2) is 28.7 Å². The normalized spacial score (nSPS) is 11.3. The van der Waals surface area contributed by atoms with Gasteiger partial charge in [-0.2, -0.15) is 13.2 Å². The lowest BCUT2D eigenvalue weighted by molar-refractivity contribution is -0.144. The summed E-state index contributed by atoms with van der Waals surface area (Å²) >= 11 is 3.26. The highest BCUT2D eigenvalue weighted by Crippen LogP contribution is 2.21. The predicted octanol–water partition coefficient (Wildman–Crippen LogP) is 3.41. The molecule has 1 rings (SSSR count). The number of benzene rings is 1. The number of rotatable bonds is 4. The van der Waals surface area contributed by atoms with Crippen molar-refractivity contribution >= 4 is 21.8 Å². The van der Waals surface area contributed by atoms with E-state index in [0.29, 0.717) is 0 Å². The van der Waals surface area contributed by atoms with Crippen LogP contribution in [0.4, 0.5) is 13.2 Å². The van der Waals surface area contributed by atoms with Gasteiger partial charge in [0.05, 0.1) is 6.42 Å². The van der Waals surface area contributed by atoms with Gasteiger partial charge in [0.2, 0.25) is 5.91 Å². The molecule has 94 valence electrons. The number of hydrogen-bond acceptors (Lipinski definition) is 1. The van der Waals surface area contributed by atoms with Gasteiger partial charge in [-0.15, -0.1) is 0 Å². The highest BCUT2D eigenvalue weighted by atomic mass is 79.9. The van der Waals surface area contributed by atoms with Crippen molar-refractivity contribution in [3.63, 3.8) is 0 Å². The summed E-state index contributed by atoms with van der Waals surface area (Å²) in [5, 5.41) is 2.44.